The van der Waals surface area contributed by atoms with E-state index in [-0.39, 0.29) is 18.4 Å². The van der Waals surface area contributed by atoms with Gasteiger partial charge in [0.05, 0.1) is 6.61 Å². The molecular weight excluding hydrogens is 336 g/mol. The van der Waals surface area contributed by atoms with E-state index in [9.17, 15) is 14.4 Å². The first-order valence-corrected chi connectivity index (χ1v) is 8.44. The van der Waals surface area contributed by atoms with Gasteiger partial charge < -0.3 is 26.8 Å². The van der Waals surface area contributed by atoms with E-state index in [1.807, 2.05) is 13.8 Å². The minimum absolute atomic E-state index is 0.164. The lowest BCUT2D eigenvalue weighted by atomic mass is 10.1. The van der Waals surface area contributed by atoms with Gasteiger partial charge in [-0.25, -0.2) is 4.79 Å². The maximum atomic E-state index is 12.4. The first-order valence-electron chi connectivity index (χ1n) is 8.44. The van der Waals surface area contributed by atoms with Gasteiger partial charge in [-0.2, -0.15) is 0 Å². The Bertz CT molecular complexity index is 555. The fourth-order valence-electron chi connectivity index (χ4n) is 1.97. The van der Waals surface area contributed by atoms with Crippen LogP contribution in [0.2, 0.25) is 0 Å². The van der Waals surface area contributed by atoms with E-state index in [2.05, 4.69) is 29.1 Å². The minimum Gasteiger partial charge on any atom is -0.392 e. The molecule has 0 aliphatic carbocycles. The first kappa shape index (κ1) is 23.4. The lowest BCUT2D eigenvalue weighted by molar-refractivity contribution is -0.129. The molecule has 0 aliphatic heterocycles. The van der Waals surface area contributed by atoms with Crippen molar-refractivity contribution in [2.75, 3.05) is 13.2 Å². The zero-order valence-corrected chi connectivity index (χ0v) is 15.5. The molecule has 0 unspecified atom stereocenters. The van der Waals surface area contributed by atoms with Crippen molar-refractivity contribution in [3.8, 4) is 0 Å². The van der Waals surface area contributed by atoms with Gasteiger partial charge in [0.15, 0.2) is 0 Å². The molecule has 146 valence electrons. The highest BCUT2D eigenvalue weighted by Crippen LogP contribution is 2.04. The monoisotopic (exact) mass is 366 g/mol. The summed E-state index contributed by atoms with van der Waals surface area (Å²) in [6, 6.07) is -1.40. The summed E-state index contributed by atoms with van der Waals surface area (Å²) in [5.41, 5.74) is 5.78. The highest BCUT2D eigenvalue weighted by atomic mass is 16.3. The van der Waals surface area contributed by atoms with Crippen LogP contribution in [0.3, 0.4) is 0 Å². The van der Waals surface area contributed by atoms with Crippen LogP contribution < -0.4 is 21.7 Å². The first-order chi connectivity index (χ1) is 12.1. The summed E-state index contributed by atoms with van der Waals surface area (Å²) >= 11 is 0. The highest BCUT2D eigenvalue weighted by molar-refractivity contribution is 5.88. The number of amides is 4. The lowest BCUT2D eigenvalue weighted by Gasteiger charge is -2.19. The molecule has 0 rings (SSSR count). The second kappa shape index (κ2) is 12.7. The second-order valence-corrected chi connectivity index (χ2v) is 6.32. The van der Waals surface area contributed by atoms with E-state index in [4.69, 9.17) is 10.8 Å². The van der Waals surface area contributed by atoms with Gasteiger partial charge in [-0.05, 0) is 30.4 Å². The Morgan fingerprint density at radius 1 is 1.19 bits per heavy atom. The number of nitrogens with two attached hydrogens (primary N) is 1. The van der Waals surface area contributed by atoms with Gasteiger partial charge >= 0.3 is 6.03 Å². The number of hydrogen-bond acceptors (Lipinski definition) is 4. The van der Waals surface area contributed by atoms with Crippen LogP contribution in [-0.2, 0) is 9.59 Å². The zero-order chi connectivity index (χ0) is 20.1. The molecule has 8 heteroatoms. The number of aliphatic hydroxyl groups is 1. The summed E-state index contributed by atoms with van der Waals surface area (Å²) < 4.78 is 0. The van der Waals surface area contributed by atoms with Crippen molar-refractivity contribution in [1.82, 2.24) is 16.0 Å². The summed E-state index contributed by atoms with van der Waals surface area (Å²) in [5, 5.41) is 16.6. The molecule has 0 saturated carbocycles. The third kappa shape index (κ3) is 11.9. The number of primary amides is 1. The Balaban J connectivity index is 4.77. The summed E-state index contributed by atoms with van der Waals surface area (Å²) in [6.45, 7) is 11.2. The average molecular weight is 366 g/mol. The molecule has 0 heterocycles. The Kier molecular flexibility index (Phi) is 11.4. The summed E-state index contributed by atoms with van der Waals surface area (Å²) in [6.07, 6.45) is 4.15. The number of rotatable bonds is 12. The molecule has 0 aromatic heterocycles. The van der Waals surface area contributed by atoms with Crippen molar-refractivity contribution in [2.45, 2.75) is 39.2 Å². The largest absolute Gasteiger partial charge is 0.392 e. The number of carbonyl (C=O) groups excluding carboxylic acids is 3. The molecule has 4 amide bonds. The number of nitrogens with one attached hydrogen (secondary N) is 3. The van der Waals surface area contributed by atoms with Crippen molar-refractivity contribution in [1.29, 1.82) is 0 Å². The van der Waals surface area contributed by atoms with E-state index in [1.165, 1.54) is 12.2 Å². The van der Waals surface area contributed by atoms with Crippen molar-refractivity contribution < 1.29 is 19.5 Å². The van der Waals surface area contributed by atoms with Crippen LogP contribution in [0.5, 0.6) is 0 Å². The van der Waals surface area contributed by atoms with E-state index in [1.54, 1.807) is 0 Å². The van der Waals surface area contributed by atoms with Gasteiger partial charge in [0.25, 0.3) is 0 Å². The van der Waals surface area contributed by atoms with Crippen LogP contribution in [0.25, 0.3) is 0 Å². The van der Waals surface area contributed by atoms with Crippen LogP contribution >= 0.6 is 0 Å². The summed E-state index contributed by atoms with van der Waals surface area (Å²) in [5.74, 6) is -0.471. The van der Waals surface area contributed by atoms with Crippen LogP contribution in [0.15, 0.2) is 36.6 Å². The number of urea groups is 1. The molecule has 26 heavy (non-hydrogen) atoms. The average Bonchev–Trinajstić information content (AvgIpc) is 2.54. The van der Waals surface area contributed by atoms with Crippen molar-refractivity contribution >= 4 is 17.8 Å². The number of aliphatic hydroxyl groups excluding tert-OH is 1. The molecule has 0 bridgehead atoms. The number of carbonyl (C=O) groups is 3. The predicted molar refractivity (Wildman–Crippen MR) is 101 cm³/mol. The van der Waals surface area contributed by atoms with Gasteiger partial charge in [-0.1, -0.05) is 33.1 Å². The Labute approximate surface area is 154 Å². The molecular formula is C18H30N4O4. The molecule has 0 saturated heterocycles. The van der Waals surface area contributed by atoms with Crippen LogP contribution in [-0.4, -0.2) is 42.1 Å². The lowest BCUT2D eigenvalue weighted by Crippen LogP contribution is -2.46. The molecule has 8 nitrogen and oxygen atoms in total. The highest BCUT2D eigenvalue weighted by Gasteiger charge is 2.21. The number of allylic oxidation sites excluding steroid dienone is 1. The van der Waals surface area contributed by atoms with E-state index in [0.717, 1.165) is 0 Å². The Morgan fingerprint density at radius 3 is 2.38 bits per heavy atom. The van der Waals surface area contributed by atoms with Gasteiger partial charge in [0, 0.05) is 18.7 Å². The van der Waals surface area contributed by atoms with Crippen LogP contribution in [0.4, 0.5) is 4.79 Å². The Hall–Kier alpha value is -2.61. The second-order valence-electron chi connectivity index (χ2n) is 6.32. The van der Waals surface area contributed by atoms with E-state index in [0.29, 0.717) is 37.1 Å². The van der Waals surface area contributed by atoms with Crippen LogP contribution in [0.1, 0.15) is 33.1 Å². The molecule has 0 fully saturated rings. The molecule has 6 N–H and O–H groups in total. The number of hydrogen-bond donors (Lipinski definition) is 5. The third-order valence-corrected chi connectivity index (χ3v) is 3.22. The Morgan fingerprint density at radius 2 is 1.85 bits per heavy atom. The maximum absolute atomic E-state index is 12.4. The van der Waals surface area contributed by atoms with Crippen molar-refractivity contribution in [3.63, 3.8) is 0 Å². The van der Waals surface area contributed by atoms with Gasteiger partial charge in [-0.15, -0.1) is 0 Å². The molecule has 0 aliphatic rings. The molecule has 0 aromatic carbocycles. The minimum atomic E-state index is -0.762. The maximum Gasteiger partial charge on any atom is 0.312 e. The van der Waals surface area contributed by atoms with Gasteiger partial charge in [0.1, 0.15) is 6.04 Å². The molecule has 0 radical (unpaired) electrons. The smallest absolute Gasteiger partial charge is 0.312 e. The predicted octanol–water partition coefficient (Wildman–Crippen LogP) is 0.700. The van der Waals surface area contributed by atoms with Crippen LogP contribution in [0, 0.1) is 5.92 Å². The van der Waals surface area contributed by atoms with E-state index >= 15 is 0 Å². The SMILES string of the molecule is C=C(/C=C\C(=C)NC(=O)[C@H](CCCNC(N)=O)NC(=O)CC(C)C)CO. The molecule has 1 atom stereocenters. The fourth-order valence-corrected chi connectivity index (χ4v) is 1.97. The van der Waals surface area contributed by atoms with Crippen molar-refractivity contribution in [3.05, 3.63) is 36.6 Å². The topological polar surface area (TPSA) is 134 Å². The molecule has 0 aromatic rings. The summed E-state index contributed by atoms with van der Waals surface area (Å²) in [7, 11) is 0. The zero-order valence-electron chi connectivity index (χ0n) is 15.5. The standard InChI is InChI=1S/C18H30N4O4/c1-12(2)10-16(24)22-15(6-5-9-20-18(19)26)17(25)21-14(4)8-7-13(3)11-23/h7-8,12,15,23H,3-6,9-11H2,1-2H3,(H,21,25)(H,22,24)(H3,19,20,26)/b8-7-/t15-/m0/s1. The fraction of sp³-hybridized carbons (Fsp3) is 0.500. The van der Waals surface area contributed by atoms with Gasteiger partial charge in [0.2, 0.25) is 11.8 Å². The summed E-state index contributed by atoms with van der Waals surface area (Å²) in [4.78, 5) is 35.1. The normalized spacial score (nSPS) is 11.8. The van der Waals surface area contributed by atoms with E-state index < -0.39 is 18.0 Å². The third-order valence-electron chi connectivity index (χ3n) is 3.22. The van der Waals surface area contributed by atoms with Crippen molar-refractivity contribution in [2.24, 2.45) is 11.7 Å². The van der Waals surface area contributed by atoms with Gasteiger partial charge in [-0.3, -0.25) is 9.59 Å². The molecule has 0 spiro atoms. The quantitative estimate of drug-likeness (QED) is 0.257.